The minimum absolute atomic E-state index is 0.193. The summed E-state index contributed by atoms with van der Waals surface area (Å²) in [4.78, 5) is 33.1. The van der Waals surface area contributed by atoms with Crippen LogP contribution in [0.4, 0.5) is 4.79 Å². The van der Waals surface area contributed by atoms with Gasteiger partial charge in [-0.3, -0.25) is 9.69 Å². The number of methoxy groups -OCH3 is 1. The Bertz CT molecular complexity index is 1270. The van der Waals surface area contributed by atoms with Crippen molar-refractivity contribution in [2.24, 2.45) is 0 Å². The van der Waals surface area contributed by atoms with Crippen LogP contribution in [0.5, 0.6) is 0 Å². The normalized spacial score (nSPS) is 18.2. The molecule has 2 heterocycles. The number of alkyl halides is 1. The number of carbonyl (C=O) groups excluding carboxylic acids is 2. The average Bonchev–Trinajstić information content (AvgIpc) is 3.31. The molecule has 1 aliphatic rings. The van der Waals surface area contributed by atoms with Crippen molar-refractivity contribution < 1.29 is 19.1 Å². The molecule has 4 rings (SSSR count). The Labute approximate surface area is 213 Å². The third-order valence-electron chi connectivity index (χ3n) is 5.76. The summed E-state index contributed by atoms with van der Waals surface area (Å²) in [5.74, 6) is 0.677. The van der Waals surface area contributed by atoms with E-state index in [0.717, 1.165) is 21.3 Å². The molecule has 0 fully saturated rings. The van der Waals surface area contributed by atoms with E-state index in [1.807, 2.05) is 57.2 Å². The molecule has 1 aliphatic heterocycles. The molecular weight excluding hydrogens is 486 g/mol. The highest BCUT2D eigenvalue weighted by molar-refractivity contribution is 7.17. The third-order valence-corrected chi connectivity index (χ3v) is 6.95. The second-order valence-electron chi connectivity index (χ2n) is 9.29. The summed E-state index contributed by atoms with van der Waals surface area (Å²) in [6.07, 6.45) is 1.52. The maximum atomic E-state index is 13.6. The van der Waals surface area contributed by atoms with E-state index in [4.69, 9.17) is 21.1 Å². The van der Waals surface area contributed by atoms with Crippen LogP contribution < -0.4 is 5.32 Å². The van der Waals surface area contributed by atoms with Crippen LogP contribution >= 0.6 is 22.9 Å². The largest absolute Gasteiger partial charge is 0.501 e. The zero-order valence-electron chi connectivity index (χ0n) is 20.1. The first kappa shape index (κ1) is 25.0. The van der Waals surface area contributed by atoms with Crippen LogP contribution in [-0.2, 0) is 21.0 Å². The van der Waals surface area contributed by atoms with E-state index in [2.05, 4.69) is 10.3 Å². The number of rotatable bonds is 5. The highest BCUT2D eigenvalue weighted by Gasteiger charge is 2.48. The van der Waals surface area contributed by atoms with Gasteiger partial charge in [0, 0.05) is 23.6 Å². The number of hydrogen-bond acceptors (Lipinski definition) is 6. The molecule has 9 heteroatoms. The maximum Gasteiger partial charge on any atom is 0.412 e. The van der Waals surface area contributed by atoms with Crippen LogP contribution in [0.3, 0.4) is 0 Å². The summed E-state index contributed by atoms with van der Waals surface area (Å²) in [6, 6.07) is 12.8. The standard InChI is InChI=1S/C26H28ClN3O4S/c1-25(2,3)34-24(32)30-13-12-19(33-4)14-26(30,20-6-5-7-21-22(20)35-16-28-21)29-23(31)18-10-8-17(15-27)9-11-18/h5-12,16H,13-15H2,1-4H3,(H,29,31). The van der Waals surface area contributed by atoms with Crippen LogP contribution in [0.25, 0.3) is 10.2 Å². The van der Waals surface area contributed by atoms with E-state index >= 15 is 0 Å². The predicted octanol–water partition coefficient (Wildman–Crippen LogP) is 5.79. The molecule has 7 nitrogen and oxygen atoms in total. The van der Waals surface area contributed by atoms with Crippen molar-refractivity contribution in [2.45, 2.75) is 44.3 Å². The van der Waals surface area contributed by atoms with Gasteiger partial charge < -0.3 is 14.8 Å². The predicted molar refractivity (Wildman–Crippen MR) is 137 cm³/mol. The smallest absolute Gasteiger partial charge is 0.412 e. The van der Waals surface area contributed by atoms with E-state index in [0.29, 0.717) is 17.2 Å². The van der Waals surface area contributed by atoms with Gasteiger partial charge in [0.05, 0.1) is 35.0 Å². The number of nitrogens with zero attached hydrogens (tertiary/aromatic N) is 2. The van der Waals surface area contributed by atoms with Crippen molar-refractivity contribution in [1.82, 2.24) is 15.2 Å². The SMILES string of the molecule is COC1=CCN(C(=O)OC(C)(C)C)C(NC(=O)c2ccc(CCl)cc2)(c2cccc3ncsc23)C1. The number of halogens is 1. The van der Waals surface area contributed by atoms with E-state index in [1.165, 1.54) is 11.3 Å². The number of fused-ring (bicyclic) bond motifs is 1. The van der Waals surface area contributed by atoms with Crippen LogP contribution in [0, 0.1) is 0 Å². The topological polar surface area (TPSA) is 80.8 Å². The first-order valence-electron chi connectivity index (χ1n) is 11.2. The van der Waals surface area contributed by atoms with Crippen molar-refractivity contribution in [2.75, 3.05) is 13.7 Å². The number of ether oxygens (including phenoxy) is 2. The highest BCUT2D eigenvalue weighted by atomic mass is 35.5. The number of benzene rings is 2. The van der Waals surface area contributed by atoms with Crippen molar-refractivity contribution >= 4 is 45.2 Å². The van der Waals surface area contributed by atoms with E-state index in [1.54, 1.807) is 29.7 Å². The summed E-state index contributed by atoms with van der Waals surface area (Å²) in [7, 11) is 1.58. The summed E-state index contributed by atoms with van der Waals surface area (Å²) >= 11 is 7.37. The molecule has 0 radical (unpaired) electrons. The molecular formula is C26H28ClN3O4S. The Kier molecular flexibility index (Phi) is 7.05. The average molecular weight is 514 g/mol. The summed E-state index contributed by atoms with van der Waals surface area (Å²) in [6.45, 7) is 5.63. The summed E-state index contributed by atoms with van der Waals surface area (Å²) in [5, 5.41) is 3.18. The minimum Gasteiger partial charge on any atom is -0.501 e. The van der Waals surface area contributed by atoms with Crippen LogP contribution in [0.1, 0.15) is 48.7 Å². The zero-order valence-corrected chi connectivity index (χ0v) is 21.7. The number of thiazole rings is 1. The Morgan fingerprint density at radius 3 is 2.60 bits per heavy atom. The molecule has 1 aromatic heterocycles. The molecule has 3 aromatic rings. The van der Waals surface area contributed by atoms with Gasteiger partial charge in [0.25, 0.3) is 5.91 Å². The number of carbonyl (C=O) groups is 2. The van der Waals surface area contributed by atoms with E-state index in [-0.39, 0.29) is 18.9 Å². The molecule has 0 saturated heterocycles. The van der Waals surface area contributed by atoms with Crippen LogP contribution in [0.15, 0.2) is 59.8 Å². The molecule has 2 aromatic carbocycles. The summed E-state index contributed by atoms with van der Waals surface area (Å²) in [5.41, 5.74) is 2.66. The lowest BCUT2D eigenvalue weighted by Crippen LogP contribution is -2.62. The van der Waals surface area contributed by atoms with Crippen LogP contribution in [-0.4, -0.2) is 41.1 Å². The zero-order chi connectivity index (χ0) is 25.2. The monoisotopic (exact) mass is 513 g/mol. The van der Waals surface area contributed by atoms with Gasteiger partial charge in [0.1, 0.15) is 5.60 Å². The Morgan fingerprint density at radius 1 is 1.20 bits per heavy atom. The van der Waals surface area contributed by atoms with Crippen molar-refractivity contribution in [1.29, 1.82) is 0 Å². The molecule has 35 heavy (non-hydrogen) atoms. The molecule has 2 amide bonds. The van der Waals surface area contributed by atoms with Crippen molar-refractivity contribution in [3.8, 4) is 0 Å². The number of hydrogen-bond donors (Lipinski definition) is 1. The fourth-order valence-electron chi connectivity index (χ4n) is 4.11. The number of nitrogens with one attached hydrogen (secondary N) is 1. The van der Waals surface area contributed by atoms with Gasteiger partial charge in [-0.25, -0.2) is 9.78 Å². The van der Waals surface area contributed by atoms with Gasteiger partial charge in [0.15, 0.2) is 5.66 Å². The Balaban J connectivity index is 1.87. The molecule has 1 N–H and O–H groups in total. The molecule has 0 aliphatic carbocycles. The van der Waals surface area contributed by atoms with Gasteiger partial charge in [-0.1, -0.05) is 24.3 Å². The number of aromatic nitrogens is 1. The van der Waals surface area contributed by atoms with Gasteiger partial charge in [0.2, 0.25) is 0 Å². The quantitative estimate of drug-likeness (QED) is 0.437. The highest BCUT2D eigenvalue weighted by Crippen LogP contribution is 2.41. The van der Waals surface area contributed by atoms with Crippen LogP contribution in [0.2, 0.25) is 0 Å². The molecule has 0 bridgehead atoms. The number of amides is 2. The molecule has 0 saturated carbocycles. The first-order valence-corrected chi connectivity index (χ1v) is 12.6. The lowest BCUT2D eigenvalue weighted by atomic mass is 9.89. The fourth-order valence-corrected chi connectivity index (χ4v) is 5.16. The lowest BCUT2D eigenvalue weighted by Gasteiger charge is -2.47. The van der Waals surface area contributed by atoms with E-state index < -0.39 is 17.4 Å². The molecule has 184 valence electrons. The second kappa shape index (κ2) is 9.87. The van der Waals surface area contributed by atoms with E-state index in [9.17, 15) is 9.59 Å². The van der Waals surface area contributed by atoms with Gasteiger partial charge in [-0.2, -0.15) is 0 Å². The minimum atomic E-state index is -1.27. The van der Waals surface area contributed by atoms with Crippen molar-refractivity contribution in [3.05, 3.63) is 76.5 Å². The first-order chi connectivity index (χ1) is 16.7. The molecule has 1 unspecified atom stereocenters. The molecule has 1 atom stereocenters. The second-order valence-corrected chi connectivity index (χ2v) is 10.4. The van der Waals surface area contributed by atoms with Gasteiger partial charge >= 0.3 is 6.09 Å². The third kappa shape index (κ3) is 5.13. The van der Waals surface area contributed by atoms with Gasteiger partial charge in [-0.15, -0.1) is 22.9 Å². The van der Waals surface area contributed by atoms with Crippen molar-refractivity contribution in [3.63, 3.8) is 0 Å². The Morgan fingerprint density at radius 2 is 1.94 bits per heavy atom. The Hall–Kier alpha value is -3.10. The lowest BCUT2D eigenvalue weighted by molar-refractivity contribution is -0.0167. The van der Waals surface area contributed by atoms with Gasteiger partial charge in [-0.05, 0) is 50.6 Å². The molecule has 0 spiro atoms. The fraction of sp³-hybridized carbons (Fsp3) is 0.346. The summed E-state index contributed by atoms with van der Waals surface area (Å²) < 4.78 is 12.3. The maximum absolute atomic E-state index is 13.6.